The average Bonchev–Trinajstić information content (AvgIpc) is 3.96. The summed E-state index contributed by atoms with van der Waals surface area (Å²) < 4.78 is 4.89. The highest BCUT2D eigenvalue weighted by atomic mass is 15.1. The Hall–Kier alpha value is -9.38. The molecule has 0 bridgehead atoms. The molecule has 13 rings (SSSR count). The fourth-order valence-electron chi connectivity index (χ4n) is 10.5. The average molecular weight is 895 g/mol. The van der Waals surface area contributed by atoms with Crippen LogP contribution < -0.4 is 9.80 Å². The Kier molecular flexibility index (Phi) is 10.1. The fraction of sp³-hybridized carbons (Fsp3) is 0. The second kappa shape index (κ2) is 17.4. The molecule has 0 saturated carbocycles. The molecule has 4 nitrogen and oxygen atoms in total. The van der Waals surface area contributed by atoms with Crippen molar-refractivity contribution in [3.63, 3.8) is 0 Å². The molecule has 330 valence electrons. The Balaban J connectivity index is 1.01. The molecule has 0 amide bonds. The van der Waals surface area contributed by atoms with Crippen molar-refractivity contribution in [3.05, 3.63) is 279 Å². The van der Waals surface area contributed by atoms with Gasteiger partial charge in [-0.1, -0.05) is 152 Å². The first-order valence-corrected chi connectivity index (χ1v) is 23.9. The summed E-state index contributed by atoms with van der Waals surface area (Å²) in [7, 11) is 0. The lowest BCUT2D eigenvalue weighted by Crippen LogP contribution is -2.09. The molecule has 0 N–H and O–H groups in total. The third kappa shape index (κ3) is 7.10. The number of aromatic nitrogens is 2. The largest absolute Gasteiger partial charge is 0.311 e. The molecule has 13 aromatic rings. The smallest absolute Gasteiger partial charge is 0.0548 e. The van der Waals surface area contributed by atoms with Crippen molar-refractivity contribution in [3.8, 4) is 33.6 Å². The van der Waals surface area contributed by atoms with Crippen LogP contribution in [0, 0.1) is 0 Å². The van der Waals surface area contributed by atoms with E-state index >= 15 is 0 Å². The van der Waals surface area contributed by atoms with Gasteiger partial charge in [0.2, 0.25) is 0 Å². The first kappa shape index (κ1) is 40.9. The van der Waals surface area contributed by atoms with Gasteiger partial charge >= 0.3 is 0 Å². The van der Waals surface area contributed by atoms with Crippen molar-refractivity contribution in [2.45, 2.75) is 0 Å². The van der Waals surface area contributed by atoms with Gasteiger partial charge < -0.3 is 18.9 Å². The molecule has 0 atom stereocenters. The van der Waals surface area contributed by atoms with Crippen LogP contribution in [0.25, 0.3) is 77.2 Å². The van der Waals surface area contributed by atoms with Crippen LogP contribution in [0.1, 0.15) is 0 Å². The summed E-state index contributed by atoms with van der Waals surface area (Å²) in [6.45, 7) is 0. The maximum Gasteiger partial charge on any atom is 0.0548 e. The lowest BCUT2D eigenvalue weighted by Gasteiger charge is -2.25. The highest BCUT2D eigenvalue weighted by Crippen LogP contribution is 2.44. The summed E-state index contributed by atoms with van der Waals surface area (Å²) >= 11 is 0. The standard InChI is InChI=1S/C66H46N4/c1-6-20-51(21-7-1)67(52-22-8-2-9-23-52)56-38-34-47(35-39-56)49-44-50(48-36-40-57(41-37-48)68(53-24-10-3-11-25-53)54-26-12-4-13-27-54)46-58(45-49)70-62-33-19-17-31-60(62)66-64(70)43-42-63-65(66)59-30-16-18-32-61(59)69(63)55-28-14-5-15-29-55/h1-46H. The molecular formula is C66H46N4. The van der Waals surface area contributed by atoms with Crippen LogP contribution >= 0.6 is 0 Å². The van der Waals surface area contributed by atoms with Gasteiger partial charge in [-0.05, 0) is 150 Å². The SMILES string of the molecule is c1ccc(N(c2ccccc2)c2ccc(-c3cc(-c4ccc(N(c5ccccc5)c5ccccc5)cc4)cc(-n4c5ccccc5c5c6c7ccccc7n(-c7ccccc7)c6ccc54)c3)cc2)cc1. The molecule has 0 aliphatic heterocycles. The van der Waals surface area contributed by atoms with Crippen molar-refractivity contribution >= 4 is 77.7 Å². The van der Waals surface area contributed by atoms with Crippen molar-refractivity contribution in [1.82, 2.24) is 9.13 Å². The van der Waals surface area contributed by atoms with Gasteiger partial charge in [0.05, 0.1) is 22.1 Å². The second-order valence-corrected chi connectivity index (χ2v) is 17.8. The minimum atomic E-state index is 1.09. The van der Waals surface area contributed by atoms with Gasteiger partial charge in [0.15, 0.2) is 0 Å². The van der Waals surface area contributed by atoms with Crippen LogP contribution in [-0.4, -0.2) is 9.13 Å². The number of rotatable bonds is 10. The van der Waals surface area contributed by atoms with Crippen LogP contribution in [0.4, 0.5) is 34.1 Å². The molecule has 2 heterocycles. The quantitative estimate of drug-likeness (QED) is 0.136. The molecule has 0 spiro atoms. The lowest BCUT2D eigenvalue weighted by atomic mass is 9.97. The van der Waals surface area contributed by atoms with E-state index in [4.69, 9.17) is 0 Å². The van der Waals surface area contributed by atoms with Crippen molar-refractivity contribution in [2.24, 2.45) is 0 Å². The van der Waals surface area contributed by atoms with Crippen LogP contribution in [0.5, 0.6) is 0 Å². The second-order valence-electron chi connectivity index (χ2n) is 17.8. The number of para-hydroxylation sites is 7. The first-order valence-electron chi connectivity index (χ1n) is 23.9. The van der Waals surface area contributed by atoms with Gasteiger partial charge in [-0.25, -0.2) is 0 Å². The highest BCUT2D eigenvalue weighted by Gasteiger charge is 2.22. The molecule has 0 aliphatic rings. The number of fused-ring (bicyclic) bond motifs is 7. The molecule has 0 radical (unpaired) electrons. The Morgan fingerprint density at radius 1 is 0.214 bits per heavy atom. The number of anilines is 6. The minimum absolute atomic E-state index is 1.09. The van der Waals surface area contributed by atoms with Crippen molar-refractivity contribution in [2.75, 3.05) is 9.80 Å². The number of hydrogen-bond donors (Lipinski definition) is 0. The summed E-state index contributed by atoms with van der Waals surface area (Å²) in [5, 5.41) is 4.98. The maximum absolute atomic E-state index is 2.48. The highest BCUT2D eigenvalue weighted by molar-refractivity contribution is 6.29. The van der Waals surface area contributed by atoms with E-state index in [9.17, 15) is 0 Å². The van der Waals surface area contributed by atoms with E-state index in [0.717, 1.165) is 73.3 Å². The van der Waals surface area contributed by atoms with Gasteiger partial charge in [0.25, 0.3) is 0 Å². The summed E-state index contributed by atoms with van der Waals surface area (Å²) in [4.78, 5) is 4.63. The Bertz CT molecular complexity index is 3730. The zero-order valence-corrected chi connectivity index (χ0v) is 38.3. The van der Waals surface area contributed by atoms with E-state index in [1.807, 2.05) is 0 Å². The molecule has 11 aromatic carbocycles. The summed E-state index contributed by atoms with van der Waals surface area (Å²) in [5.74, 6) is 0. The third-order valence-corrected chi connectivity index (χ3v) is 13.6. The van der Waals surface area contributed by atoms with E-state index in [2.05, 4.69) is 298 Å². The van der Waals surface area contributed by atoms with E-state index in [1.165, 1.54) is 38.1 Å². The van der Waals surface area contributed by atoms with Crippen LogP contribution in [-0.2, 0) is 0 Å². The molecule has 0 aliphatic carbocycles. The minimum Gasteiger partial charge on any atom is -0.311 e. The lowest BCUT2D eigenvalue weighted by molar-refractivity contribution is 1.17. The number of nitrogens with zero attached hydrogens (tertiary/aromatic N) is 4. The molecule has 0 saturated heterocycles. The van der Waals surface area contributed by atoms with Crippen LogP contribution in [0.3, 0.4) is 0 Å². The topological polar surface area (TPSA) is 16.3 Å². The Morgan fingerprint density at radius 3 is 0.914 bits per heavy atom. The van der Waals surface area contributed by atoms with E-state index in [1.54, 1.807) is 0 Å². The van der Waals surface area contributed by atoms with E-state index in [0.29, 0.717) is 0 Å². The van der Waals surface area contributed by atoms with Gasteiger partial charge in [-0.2, -0.15) is 0 Å². The molecular weight excluding hydrogens is 849 g/mol. The van der Waals surface area contributed by atoms with E-state index < -0.39 is 0 Å². The molecule has 0 unspecified atom stereocenters. The summed E-state index contributed by atoms with van der Waals surface area (Å²) in [5.41, 5.74) is 18.1. The zero-order chi connectivity index (χ0) is 46.4. The van der Waals surface area contributed by atoms with Gasteiger partial charge in [0, 0.05) is 67.0 Å². The first-order chi connectivity index (χ1) is 34.7. The van der Waals surface area contributed by atoms with Crippen LogP contribution in [0.15, 0.2) is 279 Å². The summed E-state index contributed by atoms with van der Waals surface area (Å²) in [6.07, 6.45) is 0. The Morgan fingerprint density at radius 2 is 0.529 bits per heavy atom. The predicted octanol–water partition coefficient (Wildman–Crippen LogP) is 18.2. The molecule has 70 heavy (non-hydrogen) atoms. The monoisotopic (exact) mass is 894 g/mol. The molecule has 0 fully saturated rings. The maximum atomic E-state index is 2.48. The normalized spacial score (nSPS) is 11.4. The third-order valence-electron chi connectivity index (χ3n) is 13.6. The van der Waals surface area contributed by atoms with Crippen molar-refractivity contribution < 1.29 is 0 Å². The van der Waals surface area contributed by atoms with Gasteiger partial charge in [0.1, 0.15) is 0 Å². The van der Waals surface area contributed by atoms with Crippen molar-refractivity contribution in [1.29, 1.82) is 0 Å². The zero-order valence-electron chi connectivity index (χ0n) is 38.3. The number of benzene rings is 11. The van der Waals surface area contributed by atoms with Crippen LogP contribution in [0.2, 0.25) is 0 Å². The molecule has 4 heteroatoms. The molecule has 2 aromatic heterocycles. The number of hydrogen-bond acceptors (Lipinski definition) is 2. The van der Waals surface area contributed by atoms with Gasteiger partial charge in [-0.3, -0.25) is 0 Å². The van der Waals surface area contributed by atoms with Gasteiger partial charge in [-0.15, -0.1) is 0 Å². The summed E-state index contributed by atoms with van der Waals surface area (Å²) in [6, 6.07) is 101. The fourth-order valence-corrected chi connectivity index (χ4v) is 10.5. The predicted molar refractivity (Wildman–Crippen MR) is 295 cm³/mol. The Labute approximate surface area is 407 Å². The van der Waals surface area contributed by atoms with E-state index in [-0.39, 0.29) is 0 Å².